The molecule has 0 aliphatic rings. The van der Waals surface area contributed by atoms with E-state index in [1.165, 1.54) is 4.88 Å². The molecule has 0 saturated carbocycles. The van der Waals surface area contributed by atoms with E-state index < -0.39 is 0 Å². The molecule has 0 atom stereocenters. The number of carbonyl (C=O) groups excluding carboxylic acids is 1. The zero-order chi connectivity index (χ0) is 13.1. The number of hydrogen-bond donors (Lipinski definition) is 2. The van der Waals surface area contributed by atoms with Gasteiger partial charge in [0.25, 0.3) is 0 Å². The molecule has 1 aromatic rings. The van der Waals surface area contributed by atoms with Gasteiger partial charge in [0.2, 0.25) is 5.91 Å². The Kier molecular flexibility index (Phi) is 8.98. The minimum Gasteiger partial charge on any atom is -0.396 e. The summed E-state index contributed by atoms with van der Waals surface area (Å²) >= 11 is 3.52. The molecule has 0 bridgehead atoms. The Hall–Kier alpha value is -0.520. The van der Waals surface area contributed by atoms with Gasteiger partial charge in [-0.2, -0.15) is 11.8 Å². The summed E-state index contributed by atoms with van der Waals surface area (Å²) in [5.41, 5.74) is 0. The lowest BCUT2D eigenvalue weighted by Gasteiger charge is -2.04. The van der Waals surface area contributed by atoms with E-state index in [1.807, 2.05) is 6.07 Å². The summed E-state index contributed by atoms with van der Waals surface area (Å²) < 4.78 is 0. The van der Waals surface area contributed by atoms with Gasteiger partial charge in [0.15, 0.2) is 0 Å². The Morgan fingerprint density at radius 2 is 2.28 bits per heavy atom. The molecule has 3 nitrogen and oxygen atoms in total. The highest BCUT2D eigenvalue weighted by atomic mass is 32.2. The number of thioether (sulfide) groups is 1. The van der Waals surface area contributed by atoms with Gasteiger partial charge in [0.1, 0.15) is 0 Å². The van der Waals surface area contributed by atoms with Crippen molar-refractivity contribution in [3.8, 4) is 0 Å². The van der Waals surface area contributed by atoms with Crippen molar-refractivity contribution in [2.45, 2.75) is 25.7 Å². The van der Waals surface area contributed by atoms with Crippen molar-refractivity contribution in [2.75, 3.05) is 24.7 Å². The molecule has 5 heteroatoms. The van der Waals surface area contributed by atoms with E-state index in [2.05, 4.69) is 16.8 Å². The van der Waals surface area contributed by atoms with Crippen molar-refractivity contribution >= 4 is 29.0 Å². The predicted octanol–water partition coefficient (Wildman–Crippen LogP) is 2.30. The SMILES string of the molecule is O=C(CCCc1cccs1)NCCSCCCO. The van der Waals surface area contributed by atoms with Crippen molar-refractivity contribution in [3.63, 3.8) is 0 Å². The van der Waals surface area contributed by atoms with E-state index >= 15 is 0 Å². The van der Waals surface area contributed by atoms with Crippen LogP contribution in [0, 0.1) is 0 Å². The second kappa shape index (κ2) is 10.4. The van der Waals surface area contributed by atoms with Crippen molar-refractivity contribution in [1.82, 2.24) is 5.32 Å². The molecule has 0 spiro atoms. The van der Waals surface area contributed by atoms with Crippen LogP contribution in [-0.2, 0) is 11.2 Å². The van der Waals surface area contributed by atoms with Crippen LogP contribution in [0.4, 0.5) is 0 Å². The van der Waals surface area contributed by atoms with E-state index in [4.69, 9.17) is 5.11 Å². The molecule has 0 saturated heterocycles. The summed E-state index contributed by atoms with van der Waals surface area (Å²) in [5.74, 6) is 2.04. The number of amides is 1. The number of aliphatic hydroxyl groups excluding tert-OH is 1. The second-order valence-corrected chi connectivity index (χ2v) is 6.23. The quantitative estimate of drug-likeness (QED) is 0.649. The maximum absolute atomic E-state index is 11.5. The largest absolute Gasteiger partial charge is 0.396 e. The molecular weight excluding hydrogens is 266 g/mol. The van der Waals surface area contributed by atoms with Crippen LogP contribution < -0.4 is 5.32 Å². The van der Waals surface area contributed by atoms with Gasteiger partial charge >= 0.3 is 0 Å². The molecule has 1 rings (SSSR count). The minimum absolute atomic E-state index is 0.148. The number of carbonyl (C=O) groups is 1. The zero-order valence-electron chi connectivity index (χ0n) is 10.6. The van der Waals surface area contributed by atoms with E-state index in [0.29, 0.717) is 6.42 Å². The fraction of sp³-hybridized carbons (Fsp3) is 0.615. The number of aliphatic hydroxyl groups is 1. The van der Waals surface area contributed by atoms with Gasteiger partial charge < -0.3 is 10.4 Å². The molecule has 0 aromatic carbocycles. The lowest BCUT2D eigenvalue weighted by atomic mass is 10.2. The van der Waals surface area contributed by atoms with Gasteiger partial charge in [-0.05, 0) is 36.5 Å². The van der Waals surface area contributed by atoms with Crippen LogP contribution in [0.5, 0.6) is 0 Å². The van der Waals surface area contributed by atoms with Crippen LogP contribution in [0.15, 0.2) is 17.5 Å². The Balaban J connectivity index is 1.91. The van der Waals surface area contributed by atoms with Crippen molar-refractivity contribution in [1.29, 1.82) is 0 Å². The lowest BCUT2D eigenvalue weighted by Crippen LogP contribution is -2.25. The van der Waals surface area contributed by atoms with Crippen molar-refractivity contribution < 1.29 is 9.90 Å². The third-order valence-corrected chi connectivity index (χ3v) is 4.43. The first kappa shape index (κ1) is 15.5. The number of thiophene rings is 1. The summed E-state index contributed by atoms with van der Waals surface area (Å²) in [6.07, 6.45) is 3.36. The molecule has 102 valence electrons. The summed E-state index contributed by atoms with van der Waals surface area (Å²) in [5, 5.41) is 13.6. The van der Waals surface area contributed by atoms with Gasteiger partial charge in [-0.3, -0.25) is 4.79 Å². The van der Waals surface area contributed by atoms with Crippen LogP contribution >= 0.6 is 23.1 Å². The fourth-order valence-electron chi connectivity index (χ4n) is 1.50. The highest BCUT2D eigenvalue weighted by Crippen LogP contribution is 2.11. The number of nitrogens with one attached hydrogen (secondary N) is 1. The van der Waals surface area contributed by atoms with Crippen LogP contribution in [0.1, 0.15) is 24.1 Å². The van der Waals surface area contributed by atoms with Crippen LogP contribution in [0.3, 0.4) is 0 Å². The Morgan fingerprint density at radius 1 is 1.39 bits per heavy atom. The topological polar surface area (TPSA) is 49.3 Å². The third kappa shape index (κ3) is 7.74. The second-order valence-electron chi connectivity index (χ2n) is 3.97. The Labute approximate surface area is 117 Å². The molecule has 1 heterocycles. The molecule has 1 aromatic heterocycles. The molecule has 2 N–H and O–H groups in total. The standard InChI is InChI=1S/C13H21NO2S2/c15-8-3-9-17-11-7-14-13(16)6-1-4-12-5-2-10-18-12/h2,5,10,15H,1,3-4,6-9,11H2,(H,14,16). The number of rotatable bonds is 10. The monoisotopic (exact) mass is 287 g/mol. The van der Waals surface area contributed by atoms with E-state index in [9.17, 15) is 4.79 Å². The number of hydrogen-bond acceptors (Lipinski definition) is 4. The summed E-state index contributed by atoms with van der Waals surface area (Å²) in [4.78, 5) is 12.9. The van der Waals surface area contributed by atoms with Crippen molar-refractivity contribution in [3.05, 3.63) is 22.4 Å². The first-order valence-electron chi connectivity index (χ1n) is 6.30. The summed E-state index contributed by atoms with van der Waals surface area (Å²) in [6, 6.07) is 4.16. The average molecular weight is 287 g/mol. The highest BCUT2D eigenvalue weighted by Gasteiger charge is 2.01. The molecule has 0 unspecified atom stereocenters. The van der Waals surface area contributed by atoms with Gasteiger partial charge in [0, 0.05) is 30.2 Å². The molecule has 0 aliphatic heterocycles. The summed E-state index contributed by atoms with van der Waals surface area (Å²) in [6.45, 7) is 0.982. The van der Waals surface area contributed by atoms with Crippen LogP contribution in [0.25, 0.3) is 0 Å². The molecule has 0 fully saturated rings. The molecule has 1 amide bonds. The molecule has 18 heavy (non-hydrogen) atoms. The van der Waals surface area contributed by atoms with E-state index in [0.717, 1.165) is 37.3 Å². The molecular formula is C13H21NO2S2. The zero-order valence-corrected chi connectivity index (χ0v) is 12.2. The fourth-order valence-corrected chi connectivity index (χ4v) is 3.03. The predicted molar refractivity (Wildman–Crippen MR) is 79.3 cm³/mol. The number of aryl methyl sites for hydroxylation is 1. The first-order chi connectivity index (χ1) is 8.83. The lowest BCUT2D eigenvalue weighted by molar-refractivity contribution is -0.121. The van der Waals surface area contributed by atoms with Gasteiger partial charge in [0.05, 0.1) is 0 Å². The van der Waals surface area contributed by atoms with Gasteiger partial charge in [-0.15, -0.1) is 11.3 Å². The smallest absolute Gasteiger partial charge is 0.220 e. The van der Waals surface area contributed by atoms with E-state index in [-0.39, 0.29) is 12.5 Å². The Morgan fingerprint density at radius 3 is 3.00 bits per heavy atom. The van der Waals surface area contributed by atoms with Crippen LogP contribution in [0.2, 0.25) is 0 Å². The summed E-state index contributed by atoms with van der Waals surface area (Å²) in [7, 11) is 0. The highest BCUT2D eigenvalue weighted by molar-refractivity contribution is 7.99. The molecule has 0 aliphatic carbocycles. The maximum atomic E-state index is 11.5. The average Bonchev–Trinajstić information content (AvgIpc) is 2.87. The van der Waals surface area contributed by atoms with Crippen LogP contribution in [-0.4, -0.2) is 35.7 Å². The van der Waals surface area contributed by atoms with Gasteiger partial charge in [-0.25, -0.2) is 0 Å². The molecule has 0 radical (unpaired) electrons. The Bertz CT molecular complexity index is 315. The normalized spacial score (nSPS) is 10.5. The van der Waals surface area contributed by atoms with E-state index in [1.54, 1.807) is 23.1 Å². The maximum Gasteiger partial charge on any atom is 0.220 e. The minimum atomic E-state index is 0.148. The third-order valence-electron chi connectivity index (χ3n) is 2.42. The first-order valence-corrected chi connectivity index (χ1v) is 8.34. The van der Waals surface area contributed by atoms with Gasteiger partial charge in [-0.1, -0.05) is 6.07 Å². The van der Waals surface area contributed by atoms with Crippen molar-refractivity contribution in [2.24, 2.45) is 0 Å².